The van der Waals surface area contributed by atoms with Crippen LogP contribution in [0.3, 0.4) is 0 Å². The first-order valence-electron chi connectivity index (χ1n) is 9.75. The van der Waals surface area contributed by atoms with Crippen LogP contribution in [0.4, 0.5) is 10.5 Å². The number of para-hydroxylation sites is 1. The lowest BCUT2D eigenvalue weighted by atomic mass is 9.96. The molecule has 0 saturated carbocycles. The molecule has 2 amide bonds. The van der Waals surface area contributed by atoms with Crippen molar-refractivity contribution in [2.24, 2.45) is 0 Å². The van der Waals surface area contributed by atoms with Gasteiger partial charge >= 0.3 is 6.03 Å². The standard InChI is InChI=1S/C21H23N3O3/c1-13-12-17(23-27-13)18-9-5-11-24(18)21(25)22-16-8-4-7-15-14-6-2-3-10-19(14)26-20(15)16/h4,7-8,12,18H,2-3,5-6,9-11H2,1H3,(H,22,25)/t18-/m1/s1. The van der Waals surface area contributed by atoms with Gasteiger partial charge in [0, 0.05) is 30.0 Å². The normalized spacial score (nSPS) is 19.4. The summed E-state index contributed by atoms with van der Waals surface area (Å²) in [6.45, 7) is 2.59. The molecule has 1 fully saturated rings. The van der Waals surface area contributed by atoms with Gasteiger partial charge in [-0.15, -0.1) is 0 Å². The molecule has 2 aromatic heterocycles. The van der Waals surface area contributed by atoms with E-state index in [1.165, 1.54) is 18.4 Å². The Kier molecular flexibility index (Phi) is 3.92. The van der Waals surface area contributed by atoms with Crippen molar-refractivity contribution in [3.05, 3.63) is 47.0 Å². The molecule has 6 nitrogen and oxygen atoms in total. The predicted octanol–water partition coefficient (Wildman–Crippen LogP) is 4.98. The van der Waals surface area contributed by atoms with Gasteiger partial charge < -0.3 is 19.2 Å². The summed E-state index contributed by atoms with van der Waals surface area (Å²) in [5, 5.41) is 8.33. The maximum absolute atomic E-state index is 13.0. The van der Waals surface area contributed by atoms with E-state index in [1.807, 2.05) is 30.0 Å². The van der Waals surface area contributed by atoms with Gasteiger partial charge in [0.25, 0.3) is 0 Å². The minimum absolute atomic E-state index is 0.0357. The molecule has 0 bridgehead atoms. The van der Waals surface area contributed by atoms with Crippen molar-refractivity contribution in [3.63, 3.8) is 0 Å². The Morgan fingerprint density at radius 2 is 2.15 bits per heavy atom. The van der Waals surface area contributed by atoms with Gasteiger partial charge in [-0.3, -0.25) is 0 Å². The van der Waals surface area contributed by atoms with E-state index in [0.29, 0.717) is 6.54 Å². The Hall–Kier alpha value is -2.76. The summed E-state index contributed by atoms with van der Waals surface area (Å²) in [5.74, 6) is 1.85. The zero-order chi connectivity index (χ0) is 18.4. The summed E-state index contributed by atoms with van der Waals surface area (Å²) in [7, 11) is 0. The van der Waals surface area contributed by atoms with Crippen LogP contribution < -0.4 is 5.32 Å². The first-order chi connectivity index (χ1) is 13.2. The van der Waals surface area contributed by atoms with Crippen LogP contribution in [-0.4, -0.2) is 22.6 Å². The molecule has 1 aliphatic heterocycles. The number of hydrogen-bond acceptors (Lipinski definition) is 4. The van der Waals surface area contributed by atoms with Crippen molar-refractivity contribution in [1.29, 1.82) is 0 Å². The van der Waals surface area contributed by atoms with Crippen molar-refractivity contribution in [2.75, 3.05) is 11.9 Å². The second-order valence-electron chi connectivity index (χ2n) is 7.54. The minimum atomic E-state index is -0.111. The van der Waals surface area contributed by atoms with Crippen LogP contribution in [0.5, 0.6) is 0 Å². The maximum Gasteiger partial charge on any atom is 0.322 e. The number of nitrogens with one attached hydrogen (secondary N) is 1. The van der Waals surface area contributed by atoms with Crippen LogP contribution in [0.25, 0.3) is 11.0 Å². The number of aryl methyl sites for hydroxylation is 3. The second kappa shape index (κ2) is 6.44. The number of fused-ring (bicyclic) bond motifs is 3. The van der Waals surface area contributed by atoms with E-state index in [4.69, 9.17) is 8.94 Å². The number of aromatic nitrogens is 1. The molecular formula is C21H23N3O3. The number of benzene rings is 1. The highest BCUT2D eigenvalue weighted by molar-refractivity contribution is 6.00. The molecule has 6 heteroatoms. The topological polar surface area (TPSA) is 71.5 Å². The molecule has 27 heavy (non-hydrogen) atoms. The van der Waals surface area contributed by atoms with Gasteiger partial charge in [0.2, 0.25) is 0 Å². The predicted molar refractivity (Wildman–Crippen MR) is 102 cm³/mol. The van der Waals surface area contributed by atoms with E-state index in [1.54, 1.807) is 0 Å². The molecule has 0 radical (unpaired) electrons. The number of amides is 2. The van der Waals surface area contributed by atoms with E-state index in [2.05, 4.69) is 16.5 Å². The van der Waals surface area contributed by atoms with Crippen molar-refractivity contribution in [2.45, 2.75) is 51.5 Å². The average molecular weight is 365 g/mol. The summed E-state index contributed by atoms with van der Waals surface area (Å²) >= 11 is 0. The fourth-order valence-corrected chi connectivity index (χ4v) is 4.43. The number of hydrogen-bond donors (Lipinski definition) is 1. The largest absolute Gasteiger partial charge is 0.459 e. The smallest absolute Gasteiger partial charge is 0.322 e. The Labute approximate surface area is 157 Å². The SMILES string of the molecule is Cc1cc([C@H]2CCCN2C(=O)Nc2cccc3c4c(oc23)CCCC4)no1. The third-order valence-electron chi connectivity index (χ3n) is 5.73. The Bertz CT molecular complexity index is 1000. The summed E-state index contributed by atoms with van der Waals surface area (Å²) < 4.78 is 11.3. The fraction of sp³-hybridized carbons (Fsp3) is 0.429. The number of rotatable bonds is 2. The number of nitrogens with zero attached hydrogens (tertiary/aromatic N) is 2. The lowest BCUT2D eigenvalue weighted by Crippen LogP contribution is -2.34. The molecule has 3 heterocycles. The lowest BCUT2D eigenvalue weighted by molar-refractivity contribution is 0.204. The number of likely N-dealkylation sites (tertiary alicyclic amines) is 1. The highest BCUT2D eigenvalue weighted by atomic mass is 16.5. The molecule has 0 unspecified atom stereocenters. The Balaban J connectivity index is 1.43. The van der Waals surface area contributed by atoms with E-state index in [-0.39, 0.29) is 12.1 Å². The van der Waals surface area contributed by atoms with Gasteiger partial charge in [-0.2, -0.15) is 0 Å². The number of carbonyl (C=O) groups excluding carboxylic acids is 1. The second-order valence-corrected chi connectivity index (χ2v) is 7.54. The average Bonchev–Trinajstić information content (AvgIpc) is 3.39. The van der Waals surface area contributed by atoms with Crippen molar-refractivity contribution in [3.8, 4) is 0 Å². The van der Waals surface area contributed by atoms with Crippen molar-refractivity contribution >= 4 is 22.7 Å². The Morgan fingerprint density at radius 1 is 1.26 bits per heavy atom. The van der Waals surface area contributed by atoms with Gasteiger partial charge in [-0.1, -0.05) is 17.3 Å². The van der Waals surface area contributed by atoms with Gasteiger partial charge in [0.05, 0.1) is 11.7 Å². The van der Waals surface area contributed by atoms with Gasteiger partial charge in [-0.05, 0) is 45.1 Å². The van der Waals surface area contributed by atoms with Gasteiger partial charge in [0.1, 0.15) is 17.2 Å². The highest BCUT2D eigenvalue weighted by Crippen LogP contribution is 2.37. The van der Waals surface area contributed by atoms with Crippen molar-refractivity contribution in [1.82, 2.24) is 10.1 Å². The zero-order valence-corrected chi connectivity index (χ0v) is 15.5. The molecule has 1 aliphatic carbocycles. The highest BCUT2D eigenvalue weighted by Gasteiger charge is 2.32. The minimum Gasteiger partial charge on any atom is -0.459 e. The molecule has 1 saturated heterocycles. The van der Waals surface area contributed by atoms with E-state index in [0.717, 1.165) is 59.6 Å². The lowest BCUT2D eigenvalue weighted by Gasteiger charge is -2.23. The van der Waals surface area contributed by atoms with Crippen LogP contribution in [0.15, 0.2) is 33.2 Å². The number of carbonyl (C=O) groups is 1. The molecule has 2 aliphatic rings. The molecule has 1 N–H and O–H groups in total. The summed E-state index contributed by atoms with van der Waals surface area (Å²) in [6, 6.07) is 7.77. The maximum atomic E-state index is 13.0. The van der Waals surface area contributed by atoms with Crippen LogP contribution in [0.2, 0.25) is 0 Å². The molecule has 5 rings (SSSR count). The third kappa shape index (κ3) is 2.80. The first-order valence-corrected chi connectivity index (χ1v) is 9.75. The molecule has 1 aromatic carbocycles. The van der Waals surface area contributed by atoms with Gasteiger partial charge in [-0.25, -0.2) is 4.79 Å². The van der Waals surface area contributed by atoms with E-state index < -0.39 is 0 Å². The molecule has 140 valence electrons. The van der Waals surface area contributed by atoms with Crippen molar-refractivity contribution < 1.29 is 13.7 Å². The monoisotopic (exact) mass is 365 g/mol. The molecule has 0 spiro atoms. The number of furan rings is 1. The summed E-state index contributed by atoms with van der Waals surface area (Å²) in [4.78, 5) is 14.9. The van der Waals surface area contributed by atoms with Gasteiger partial charge in [0.15, 0.2) is 5.58 Å². The molecular weight excluding hydrogens is 342 g/mol. The Morgan fingerprint density at radius 3 is 3.00 bits per heavy atom. The fourth-order valence-electron chi connectivity index (χ4n) is 4.43. The quantitative estimate of drug-likeness (QED) is 0.695. The van der Waals surface area contributed by atoms with Crippen LogP contribution in [-0.2, 0) is 12.8 Å². The van der Waals surface area contributed by atoms with Crippen LogP contribution in [0, 0.1) is 6.92 Å². The van der Waals surface area contributed by atoms with Crippen LogP contribution in [0.1, 0.15) is 54.5 Å². The first kappa shape index (κ1) is 16.4. The van der Waals surface area contributed by atoms with E-state index >= 15 is 0 Å². The number of urea groups is 1. The van der Waals surface area contributed by atoms with Crippen LogP contribution >= 0.6 is 0 Å². The molecule has 3 aromatic rings. The zero-order valence-electron chi connectivity index (χ0n) is 15.5. The third-order valence-corrected chi connectivity index (χ3v) is 5.73. The molecule has 1 atom stereocenters. The summed E-state index contributed by atoms with van der Waals surface area (Å²) in [5.41, 5.74) is 3.68. The summed E-state index contributed by atoms with van der Waals surface area (Å²) in [6.07, 6.45) is 6.27. The number of anilines is 1. The van der Waals surface area contributed by atoms with E-state index in [9.17, 15) is 4.79 Å².